The van der Waals surface area contributed by atoms with Gasteiger partial charge in [-0.3, -0.25) is 0 Å². The number of fused-ring (bicyclic) bond motifs is 2. The maximum Gasteiger partial charge on any atom is 0.164 e. The van der Waals surface area contributed by atoms with Crippen LogP contribution in [0.5, 0.6) is 0 Å². The monoisotopic (exact) mass is 1590 g/mol. The fraction of sp³-hybridized carbons (Fsp3) is 0.0345. The summed E-state index contributed by atoms with van der Waals surface area (Å²) in [7, 11) is 0. The van der Waals surface area contributed by atoms with E-state index in [0.29, 0.717) is 34.9 Å². The highest BCUT2D eigenvalue weighted by atomic mass is 32.2. The highest BCUT2D eigenvalue weighted by Gasteiger charge is 2.35. The molecule has 0 bridgehead atoms. The number of rotatable bonds is 18. The van der Waals surface area contributed by atoms with Crippen LogP contribution < -0.4 is 0 Å². The maximum absolute atomic E-state index is 5.57. The lowest BCUT2D eigenvalue weighted by Gasteiger charge is -2.29. The Kier molecular flexibility index (Phi) is 20.6. The van der Waals surface area contributed by atoms with Crippen molar-refractivity contribution in [2.75, 3.05) is 0 Å². The topological polar surface area (TPSA) is 77.3 Å². The van der Waals surface area contributed by atoms with Crippen molar-refractivity contribution in [3.63, 3.8) is 0 Å². The lowest BCUT2D eigenvalue weighted by Crippen LogP contribution is -2.15. The van der Waals surface area contributed by atoms with E-state index in [9.17, 15) is 0 Å². The molecular formula is C116H80N6S. The molecule has 0 saturated heterocycles. The van der Waals surface area contributed by atoms with Gasteiger partial charge in [-0.1, -0.05) is 364 Å². The molecule has 1 aliphatic heterocycles. The predicted octanol–water partition coefficient (Wildman–Crippen LogP) is 30.2. The van der Waals surface area contributed by atoms with Crippen molar-refractivity contribution in [3.05, 3.63) is 477 Å². The van der Waals surface area contributed by atoms with E-state index in [4.69, 9.17) is 29.9 Å². The summed E-state index contributed by atoms with van der Waals surface area (Å²) in [6.07, 6.45) is 8.59. The third kappa shape index (κ3) is 15.9. The van der Waals surface area contributed by atoms with E-state index in [0.717, 1.165) is 152 Å². The Morgan fingerprint density at radius 2 is 0.415 bits per heavy atom. The molecule has 0 N–H and O–H groups in total. The molecule has 17 aromatic carbocycles. The van der Waals surface area contributed by atoms with Crippen LogP contribution in [0.25, 0.3) is 174 Å². The number of allylic oxidation sites excluding steroid dienone is 4. The normalized spacial score (nSPS) is 13.4. The van der Waals surface area contributed by atoms with Gasteiger partial charge in [0.05, 0.1) is 0 Å². The van der Waals surface area contributed by atoms with Gasteiger partial charge in [0.15, 0.2) is 34.9 Å². The summed E-state index contributed by atoms with van der Waals surface area (Å²) in [5, 5.41) is 0. The first-order chi connectivity index (χ1) is 60.9. The van der Waals surface area contributed by atoms with Gasteiger partial charge in [0, 0.05) is 55.0 Å². The average Bonchev–Trinajstić information content (AvgIpc) is 1.70. The maximum atomic E-state index is 5.57. The van der Waals surface area contributed by atoms with Gasteiger partial charge in [0.2, 0.25) is 0 Å². The molecule has 2 unspecified atom stereocenters. The summed E-state index contributed by atoms with van der Waals surface area (Å²) in [5.41, 5.74) is 32.2. The van der Waals surface area contributed by atoms with Crippen LogP contribution in [0.1, 0.15) is 52.5 Å². The van der Waals surface area contributed by atoms with Gasteiger partial charge in [0.1, 0.15) is 0 Å². The van der Waals surface area contributed by atoms with Gasteiger partial charge in [-0.25, -0.2) is 29.9 Å². The Bertz CT molecular complexity index is 6880. The van der Waals surface area contributed by atoms with Gasteiger partial charge >= 0.3 is 0 Å². The molecule has 1 aliphatic carbocycles. The summed E-state index contributed by atoms with van der Waals surface area (Å²) >= 11 is 1.86. The minimum Gasteiger partial charge on any atom is -0.208 e. The van der Waals surface area contributed by atoms with Crippen molar-refractivity contribution in [1.82, 2.24) is 29.9 Å². The Balaban J connectivity index is 0.684. The van der Waals surface area contributed by atoms with E-state index in [1.54, 1.807) is 0 Å². The Morgan fingerprint density at radius 1 is 0.187 bits per heavy atom. The second-order valence-corrected chi connectivity index (χ2v) is 32.7. The van der Waals surface area contributed by atoms with Crippen LogP contribution in [-0.2, 0) is 0 Å². The molecule has 6 nitrogen and oxygen atoms in total. The van der Waals surface area contributed by atoms with Crippen molar-refractivity contribution < 1.29 is 0 Å². The molecule has 0 spiro atoms. The first-order valence-electron chi connectivity index (χ1n) is 42.0. The second kappa shape index (κ2) is 33.8. The second-order valence-electron chi connectivity index (χ2n) is 31.6. The van der Waals surface area contributed by atoms with Crippen molar-refractivity contribution in [1.29, 1.82) is 0 Å². The Hall–Kier alpha value is -15.4. The van der Waals surface area contributed by atoms with Crippen molar-refractivity contribution in [2.24, 2.45) is 0 Å². The zero-order chi connectivity index (χ0) is 81.8. The first kappa shape index (κ1) is 75.1. The van der Waals surface area contributed by atoms with Crippen LogP contribution in [0.3, 0.4) is 0 Å². The molecule has 0 saturated carbocycles. The van der Waals surface area contributed by atoms with Gasteiger partial charge in [-0.15, -0.1) is 0 Å². The minimum atomic E-state index is -0.118. The van der Waals surface area contributed by atoms with Crippen LogP contribution >= 0.6 is 11.8 Å². The fourth-order valence-electron chi connectivity index (χ4n) is 17.5. The van der Waals surface area contributed by atoms with E-state index in [1.165, 1.54) is 37.6 Å². The van der Waals surface area contributed by atoms with Crippen molar-refractivity contribution in [2.45, 2.75) is 34.5 Å². The molecular weight excluding hydrogens is 1510 g/mol. The standard InChI is InChI=1S/C116H80N6S/c1-9-33-77(34-10-1)93-65-94(78-35-11-2-12-36-78)70-101(69-93)113-117-111(118-114(121-113)102-71-95(79-37-13-3-14-38-79)66-96(72-102)80-39-15-4-16-40-80)91-55-31-51-87(63-91)85-49-29-53-89(61-85)109-105-57-25-27-59-107(105)123-108-60-28-26-58-106(108)110(109)90-54-30-50-86(62-90)88-52-32-56-92(64-88)112-119-115(103-73-97(81-41-17-5-18-42-81)67-98(74-103)82-43-19-6-20-44-82)122-116(120-112)104-75-99(83-45-21-7-22-46-83)68-100(76-104)84-47-23-8-24-48-84/h1-23,25-47,49-76,109-110H,24,48H2. The summed E-state index contributed by atoms with van der Waals surface area (Å²) < 4.78 is 0. The summed E-state index contributed by atoms with van der Waals surface area (Å²) in [4.78, 5) is 35.8. The number of hydrogen-bond donors (Lipinski definition) is 0. The fourth-order valence-corrected chi connectivity index (χ4v) is 18.7. The van der Waals surface area contributed by atoms with Crippen molar-refractivity contribution in [3.8, 4) is 168 Å². The van der Waals surface area contributed by atoms with E-state index >= 15 is 0 Å². The SMILES string of the molecule is C1=CCCC(c2cc(-c3ccccc3)cc(-c3nc(-c4cccc(-c5cccc(C6c7ccccc7Sc7ccccc7C6c6cccc(-c7cccc(-c8nc(-c9cc(-c%10ccccc%10)cc(-c%10ccccc%10)c9)nc(-c9cc(-c%10ccccc%10)cc(-c%10ccccc%10)c9)n8)c7)c6)c5)c4)nc(-c4cc(-c5ccccc5)cc(-c5ccccc5)c4)n3)c2)=C1. The molecule has 2 aromatic heterocycles. The molecule has 2 atom stereocenters. The Labute approximate surface area is 721 Å². The number of benzene rings is 17. The number of hydrogen-bond acceptors (Lipinski definition) is 7. The van der Waals surface area contributed by atoms with Crippen LogP contribution in [0.15, 0.2) is 459 Å². The van der Waals surface area contributed by atoms with E-state index in [1.807, 2.05) is 11.8 Å². The van der Waals surface area contributed by atoms with Gasteiger partial charge in [0.25, 0.3) is 0 Å². The molecule has 19 aromatic rings. The highest BCUT2D eigenvalue weighted by Crippen LogP contribution is 2.54. The molecule has 2 aliphatic rings. The molecule has 3 heterocycles. The lowest BCUT2D eigenvalue weighted by atomic mass is 9.73. The molecule has 123 heavy (non-hydrogen) atoms. The molecule has 580 valence electrons. The molecule has 21 rings (SSSR count). The summed E-state index contributed by atoms with van der Waals surface area (Å²) in [5.74, 6) is 3.23. The first-order valence-corrected chi connectivity index (χ1v) is 42.9. The third-order valence-electron chi connectivity index (χ3n) is 23.6. The lowest BCUT2D eigenvalue weighted by molar-refractivity contribution is 0.679. The molecule has 7 heteroatoms. The molecule has 0 fully saturated rings. The molecule has 0 amide bonds. The van der Waals surface area contributed by atoms with Crippen LogP contribution in [0, 0.1) is 0 Å². The smallest absolute Gasteiger partial charge is 0.164 e. The van der Waals surface area contributed by atoms with Gasteiger partial charge in [-0.05, 0) is 243 Å². The minimum absolute atomic E-state index is 0.118. The average molecular weight is 1590 g/mol. The van der Waals surface area contributed by atoms with Gasteiger partial charge in [-0.2, -0.15) is 0 Å². The quantitative estimate of drug-likeness (QED) is 0.0847. The third-order valence-corrected chi connectivity index (χ3v) is 24.8. The zero-order valence-electron chi connectivity index (χ0n) is 67.4. The Morgan fingerprint density at radius 3 is 0.715 bits per heavy atom. The van der Waals surface area contributed by atoms with Crippen LogP contribution in [0.2, 0.25) is 0 Å². The summed E-state index contributed by atoms with van der Waals surface area (Å²) in [6, 6.07) is 155. The number of nitrogens with zero attached hydrogens (tertiary/aromatic N) is 6. The van der Waals surface area contributed by atoms with E-state index in [-0.39, 0.29) is 11.8 Å². The highest BCUT2D eigenvalue weighted by molar-refractivity contribution is 7.99. The van der Waals surface area contributed by atoms with Crippen LogP contribution in [-0.4, -0.2) is 29.9 Å². The van der Waals surface area contributed by atoms with E-state index in [2.05, 4.69) is 449 Å². The summed E-state index contributed by atoms with van der Waals surface area (Å²) in [6.45, 7) is 0. The zero-order valence-corrected chi connectivity index (χ0v) is 68.2. The largest absolute Gasteiger partial charge is 0.208 e. The van der Waals surface area contributed by atoms with Gasteiger partial charge < -0.3 is 0 Å². The predicted molar refractivity (Wildman–Crippen MR) is 508 cm³/mol. The number of aromatic nitrogens is 6. The van der Waals surface area contributed by atoms with E-state index < -0.39 is 0 Å². The van der Waals surface area contributed by atoms with Crippen molar-refractivity contribution >= 4 is 17.3 Å². The molecule has 0 radical (unpaired) electrons. The van der Waals surface area contributed by atoms with Crippen LogP contribution in [0.4, 0.5) is 0 Å².